The van der Waals surface area contributed by atoms with E-state index >= 15 is 0 Å². The van der Waals surface area contributed by atoms with E-state index in [1.54, 1.807) is 0 Å². The number of nitrogens with two attached hydrogens (primary N) is 3. The van der Waals surface area contributed by atoms with Crippen LogP contribution in [0.4, 0.5) is 17.5 Å². The average molecular weight is 1150 g/mol. The molecule has 14 atom stereocenters. The van der Waals surface area contributed by atoms with Gasteiger partial charge in [0.05, 0.1) is 56.4 Å². The molecule has 79 heavy (non-hydrogen) atoms. The summed E-state index contributed by atoms with van der Waals surface area (Å²) in [6.45, 7) is 0.766. The highest BCUT2D eigenvalue weighted by molar-refractivity contribution is 7.47. The van der Waals surface area contributed by atoms with E-state index in [0.29, 0.717) is 6.42 Å². The summed E-state index contributed by atoms with van der Waals surface area (Å²) in [5, 5.41) is 37.5. The minimum absolute atomic E-state index is 0.000295. The lowest BCUT2D eigenvalue weighted by Gasteiger charge is -2.37. The van der Waals surface area contributed by atoms with Crippen molar-refractivity contribution in [3.8, 4) is 0 Å². The Labute approximate surface area is 451 Å². The number of rotatable bonds is 28. The maximum atomic E-state index is 13.9. The van der Waals surface area contributed by atoms with Gasteiger partial charge in [-0.25, -0.2) is 49.4 Å². The van der Waals surface area contributed by atoms with E-state index in [1.807, 2.05) is 0 Å². The number of ether oxygens (including phenoxy) is 3. The van der Waals surface area contributed by atoms with Crippen molar-refractivity contribution in [2.24, 2.45) is 5.92 Å². The molecule has 6 aromatic heterocycles. The van der Waals surface area contributed by atoms with Crippen LogP contribution < -0.4 is 27.4 Å². The van der Waals surface area contributed by atoms with E-state index in [9.17, 15) is 43.9 Å². The smallest absolute Gasteiger partial charge is 0.472 e. The zero-order valence-electron chi connectivity index (χ0n) is 43.2. The fourth-order valence-electron chi connectivity index (χ4n) is 10.7. The van der Waals surface area contributed by atoms with Gasteiger partial charge in [-0.1, -0.05) is 84.0 Å². The number of amides is 1. The Morgan fingerprint density at radius 2 is 1.20 bits per heavy atom. The largest absolute Gasteiger partial charge is 0.756 e. The number of unbranched alkanes of at least 4 members (excludes halogenated alkanes) is 12. The SMILES string of the molecule is CCCCCCCCCCCCCCCC(=O)NC1C(O)C(n2cnc3c(N)ncnc32)OC1C(OP(=O)([O-])O)C1C(O)C(COP(=O)(O)OC2CC(CO)OC2n2cnc3c(N)ncnc32)OC1n1cnc2c(N)ncnc21. The second-order valence-electron chi connectivity index (χ2n) is 20.0. The summed E-state index contributed by atoms with van der Waals surface area (Å²) in [6.07, 6.45) is 5.31. The second-order valence-corrected chi connectivity index (χ2v) is 22.5. The number of carbonyl (C=O) groups is 1. The van der Waals surface area contributed by atoms with Gasteiger partial charge in [0.15, 0.2) is 46.9 Å². The van der Waals surface area contributed by atoms with Crippen molar-refractivity contribution in [3.63, 3.8) is 0 Å². The first-order valence-electron chi connectivity index (χ1n) is 26.4. The van der Waals surface area contributed by atoms with Crippen molar-refractivity contribution in [2.45, 2.75) is 171 Å². The predicted molar refractivity (Wildman–Crippen MR) is 276 cm³/mol. The number of fused-ring (bicyclic) bond motifs is 3. The van der Waals surface area contributed by atoms with Crippen LogP contribution in [0.1, 0.15) is 122 Å². The molecule has 0 bridgehead atoms. The first-order chi connectivity index (χ1) is 38.0. The summed E-state index contributed by atoms with van der Waals surface area (Å²) in [6, 6.07) is -1.56. The Balaban J connectivity index is 0.972. The zero-order valence-corrected chi connectivity index (χ0v) is 45.0. The Kier molecular flexibility index (Phi) is 18.8. The Morgan fingerprint density at radius 3 is 1.71 bits per heavy atom. The number of aromatic nitrogens is 12. The van der Waals surface area contributed by atoms with E-state index in [4.69, 9.17) is 45.0 Å². The molecule has 3 saturated heterocycles. The van der Waals surface area contributed by atoms with Gasteiger partial charge in [-0.2, -0.15) is 0 Å². The second kappa shape index (κ2) is 25.5. The Hall–Kier alpha value is -5.50. The molecule has 0 radical (unpaired) electrons. The molecule has 0 aromatic carbocycles. The highest BCUT2D eigenvalue weighted by atomic mass is 31.2. The van der Waals surface area contributed by atoms with E-state index in [0.717, 1.165) is 44.8 Å². The molecule has 432 valence electrons. The molecule has 3 fully saturated rings. The number of phosphoric ester groups is 2. The van der Waals surface area contributed by atoms with E-state index in [1.165, 1.54) is 84.0 Å². The van der Waals surface area contributed by atoms with Gasteiger partial charge >= 0.3 is 7.82 Å². The number of phosphoric acid groups is 2. The van der Waals surface area contributed by atoms with Gasteiger partial charge in [-0.15, -0.1) is 0 Å². The molecule has 3 aliphatic heterocycles. The molecule has 3 aliphatic rings. The third-order valence-electron chi connectivity index (χ3n) is 14.5. The third-order valence-corrected chi connectivity index (χ3v) is 16.0. The molecule has 9 rings (SSSR count). The fourth-order valence-corrected chi connectivity index (χ4v) is 12.2. The van der Waals surface area contributed by atoms with Crippen LogP contribution in [0, 0.1) is 5.92 Å². The first-order valence-corrected chi connectivity index (χ1v) is 29.4. The monoisotopic (exact) mass is 1150 g/mol. The summed E-state index contributed by atoms with van der Waals surface area (Å²) < 4.78 is 66.4. The topological polar surface area (TPSA) is 452 Å². The van der Waals surface area contributed by atoms with Gasteiger partial charge in [0.25, 0.3) is 7.82 Å². The van der Waals surface area contributed by atoms with E-state index < -0.39 is 108 Å². The van der Waals surface area contributed by atoms with Crippen LogP contribution in [-0.4, -0.2) is 152 Å². The number of carbonyl (C=O) groups excluding carboxylic acids is 1. The van der Waals surface area contributed by atoms with Crippen LogP contribution >= 0.6 is 15.6 Å². The number of anilines is 3. The van der Waals surface area contributed by atoms with Gasteiger partial charge in [-0.05, 0) is 6.42 Å². The number of hydrogen-bond acceptors (Lipinski definition) is 25. The lowest BCUT2D eigenvalue weighted by Crippen LogP contribution is -2.55. The fraction of sp³-hybridized carbons (Fsp3) is 0.652. The van der Waals surface area contributed by atoms with Crippen molar-refractivity contribution in [1.29, 1.82) is 0 Å². The summed E-state index contributed by atoms with van der Waals surface area (Å²) >= 11 is 0. The van der Waals surface area contributed by atoms with Gasteiger partial charge in [-0.3, -0.25) is 32.1 Å². The zero-order chi connectivity index (χ0) is 56.0. The molecule has 0 saturated carbocycles. The minimum atomic E-state index is -5.90. The van der Waals surface area contributed by atoms with Crippen molar-refractivity contribution in [1.82, 2.24) is 63.9 Å². The number of nitrogens with zero attached hydrogens (tertiary/aromatic N) is 12. The van der Waals surface area contributed by atoms with Crippen molar-refractivity contribution in [2.75, 3.05) is 30.4 Å². The van der Waals surface area contributed by atoms with E-state index in [2.05, 4.69) is 57.1 Å². The normalized spacial score (nSPS) is 27.3. The van der Waals surface area contributed by atoms with Crippen LogP contribution in [0.25, 0.3) is 33.5 Å². The summed E-state index contributed by atoms with van der Waals surface area (Å²) in [4.78, 5) is 86.4. The number of nitrogen functional groups attached to an aromatic ring is 3. The lowest BCUT2D eigenvalue weighted by molar-refractivity contribution is -0.234. The Morgan fingerprint density at radius 1 is 0.709 bits per heavy atom. The van der Waals surface area contributed by atoms with Crippen LogP contribution in [0.3, 0.4) is 0 Å². The number of aliphatic hydroxyl groups is 3. The molecular formula is C46H67N16O15P2-. The van der Waals surface area contributed by atoms with Gasteiger partial charge in [0.2, 0.25) is 5.91 Å². The maximum absolute atomic E-state index is 13.9. The maximum Gasteiger partial charge on any atom is 0.472 e. The standard InChI is InChI=1S/C46H68N16O15P2/c1-2-3-4-5-6-7-8-9-10-11-12-13-14-15-28(64)59-30-35(66)46(62-24-58-33-40(49)52-21-55-43(33)62)75-37(30)36(77-78(67,68)69)29-34(65)27(74-45(29)61-23-57-32-39(48)51-20-54-42(32)61)18-72-79(70,71)76-26-16-25(17-63)73-44(26)60-22-56-31-38(47)50-19-53-41(31)60/h19-27,29-30,34-37,44-46,63,65-66H,2-18H2,1H3,(H,59,64)(H,70,71)(H2,47,50,53)(H2,48,51,54)(H2,49,52,55)(H2,67,68,69)/p-1. The number of aliphatic hydroxyl groups excluding tert-OH is 3. The molecule has 9 heterocycles. The average Bonchev–Trinajstić information content (AvgIpc) is 4.41. The van der Waals surface area contributed by atoms with Crippen molar-refractivity contribution in [3.05, 3.63) is 38.0 Å². The molecule has 31 nitrogen and oxygen atoms in total. The van der Waals surface area contributed by atoms with Gasteiger partial charge in [0, 0.05) is 12.8 Å². The summed E-state index contributed by atoms with van der Waals surface area (Å²) in [5.74, 6) is -2.33. The molecule has 0 aliphatic carbocycles. The highest BCUT2D eigenvalue weighted by Gasteiger charge is 2.59. The minimum Gasteiger partial charge on any atom is -0.756 e. The van der Waals surface area contributed by atoms with Crippen LogP contribution in [-0.2, 0) is 41.7 Å². The van der Waals surface area contributed by atoms with Gasteiger partial charge < -0.3 is 71.3 Å². The lowest BCUT2D eigenvalue weighted by atomic mass is 9.87. The first kappa shape index (κ1) is 58.2. The highest BCUT2D eigenvalue weighted by Crippen LogP contribution is 2.52. The molecule has 14 unspecified atom stereocenters. The number of imidazole rings is 3. The summed E-state index contributed by atoms with van der Waals surface area (Å²) in [7, 11) is -11.1. The molecule has 0 spiro atoms. The third kappa shape index (κ3) is 13.3. The van der Waals surface area contributed by atoms with Gasteiger partial charge in [0.1, 0.15) is 72.3 Å². The Bertz CT molecular complexity index is 3110. The molecular weight excluding hydrogens is 1080 g/mol. The summed E-state index contributed by atoms with van der Waals surface area (Å²) in [5.41, 5.74) is 18.9. The number of hydrogen-bond donors (Lipinski definition) is 9. The molecule has 6 aromatic rings. The molecule has 33 heteroatoms. The molecule has 1 amide bonds. The van der Waals surface area contributed by atoms with Crippen molar-refractivity contribution >= 4 is 72.5 Å². The van der Waals surface area contributed by atoms with E-state index in [-0.39, 0.29) is 63.8 Å². The predicted octanol–water partition coefficient (Wildman–Crippen LogP) is 1.98. The molecule has 12 N–H and O–H groups in total. The van der Waals surface area contributed by atoms with Crippen LogP contribution in [0.5, 0.6) is 0 Å². The van der Waals surface area contributed by atoms with Crippen LogP contribution in [0.15, 0.2) is 38.0 Å². The number of nitrogens with one attached hydrogen (secondary N) is 1. The van der Waals surface area contributed by atoms with Crippen molar-refractivity contribution < 1.29 is 71.7 Å². The quantitative estimate of drug-likeness (QED) is 0.0250. The van der Waals surface area contributed by atoms with Crippen LogP contribution in [0.2, 0.25) is 0 Å².